The number of anilines is 1. The van der Waals surface area contributed by atoms with Crippen LogP contribution in [0, 0.1) is 0 Å². The number of nitrogen functional groups attached to an aromatic ring is 1. The van der Waals surface area contributed by atoms with E-state index in [1.54, 1.807) is 0 Å². The van der Waals surface area contributed by atoms with Crippen LogP contribution in [0.2, 0.25) is 0 Å². The van der Waals surface area contributed by atoms with E-state index in [1.807, 2.05) is 0 Å². The summed E-state index contributed by atoms with van der Waals surface area (Å²) < 4.78 is 4.89. The van der Waals surface area contributed by atoms with Gasteiger partial charge in [0.1, 0.15) is 36.0 Å². The topological polar surface area (TPSA) is 174 Å². The van der Waals surface area contributed by atoms with E-state index < -0.39 is 35.2 Å². The Morgan fingerprint density at radius 3 is 2.84 bits per heavy atom. The standard InChI is InChI=1S/C18H19N5O7S2/c1-3-4-30-22-11(10-7-32-18(19)20-10)14(25)21-12-15(26)23-13(17(27)28)9(5-29-8(2)24)6-31-16(12)23/h3,7,12,16H,1,4-6H2,2H3,(H2,19,20)(H,21,25)(H,27,28)/b22-11-/t12-,16+/m1/s1. The van der Waals surface area contributed by atoms with E-state index >= 15 is 0 Å². The number of carboxylic acids is 1. The number of hydrogen-bond donors (Lipinski definition) is 3. The SMILES string of the molecule is C=CCO/N=C(\C(=O)N[C@@H]1C(=O)N2C(C(=O)O)=C(COC(C)=O)CS[C@@H]12)c1csc(N)n1. The van der Waals surface area contributed by atoms with Crippen LogP contribution in [0.25, 0.3) is 0 Å². The van der Waals surface area contributed by atoms with Gasteiger partial charge in [0.15, 0.2) is 10.8 Å². The lowest BCUT2D eigenvalue weighted by Gasteiger charge is -2.49. The van der Waals surface area contributed by atoms with Crippen molar-refractivity contribution < 1.29 is 33.9 Å². The maximum Gasteiger partial charge on any atom is 0.352 e. The summed E-state index contributed by atoms with van der Waals surface area (Å²) in [6.45, 7) is 4.51. The van der Waals surface area contributed by atoms with Crippen molar-refractivity contribution in [2.75, 3.05) is 24.7 Å². The summed E-state index contributed by atoms with van der Waals surface area (Å²) in [6.07, 6.45) is 1.44. The third-order valence-electron chi connectivity index (χ3n) is 4.31. The minimum Gasteiger partial charge on any atom is -0.477 e. The van der Waals surface area contributed by atoms with Gasteiger partial charge in [-0.2, -0.15) is 0 Å². The van der Waals surface area contributed by atoms with Crippen molar-refractivity contribution in [2.45, 2.75) is 18.3 Å². The summed E-state index contributed by atoms with van der Waals surface area (Å²) in [5.41, 5.74) is 5.66. The maximum absolute atomic E-state index is 12.8. The van der Waals surface area contributed by atoms with E-state index in [0.717, 1.165) is 16.2 Å². The Bertz CT molecular complexity index is 1030. The van der Waals surface area contributed by atoms with Crippen molar-refractivity contribution in [3.8, 4) is 0 Å². The van der Waals surface area contributed by atoms with Gasteiger partial charge in [0.25, 0.3) is 11.8 Å². The number of carboxylic acid groups (broad SMARTS) is 1. The van der Waals surface area contributed by atoms with Crippen molar-refractivity contribution in [1.29, 1.82) is 0 Å². The Morgan fingerprint density at radius 2 is 2.25 bits per heavy atom. The maximum atomic E-state index is 12.8. The molecule has 170 valence electrons. The van der Waals surface area contributed by atoms with Crippen molar-refractivity contribution in [2.24, 2.45) is 5.16 Å². The molecule has 0 radical (unpaired) electrons. The van der Waals surface area contributed by atoms with Gasteiger partial charge in [0.2, 0.25) is 0 Å². The molecule has 1 aromatic rings. The minimum absolute atomic E-state index is 0.0445. The number of aromatic nitrogens is 1. The van der Waals surface area contributed by atoms with Crippen LogP contribution in [-0.4, -0.2) is 74.8 Å². The second-order valence-corrected chi connectivity index (χ2v) is 8.49. The van der Waals surface area contributed by atoms with E-state index in [0.29, 0.717) is 5.57 Å². The molecule has 1 saturated heterocycles. The third kappa shape index (κ3) is 4.75. The Morgan fingerprint density at radius 1 is 1.50 bits per heavy atom. The van der Waals surface area contributed by atoms with Gasteiger partial charge in [-0.1, -0.05) is 17.8 Å². The number of β-lactam (4-membered cyclic amide) rings is 1. The number of ether oxygens (including phenoxy) is 1. The first-order chi connectivity index (χ1) is 15.2. The fraction of sp³-hybridized carbons (Fsp3) is 0.333. The van der Waals surface area contributed by atoms with Crippen LogP contribution in [0.3, 0.4) is 0 Å². The highest BCUT2D eigenvalue weighted by molar-refractivity contribution is 8.00. The number of amides is 2. The molecule has 0 saturated carbocycles. The lowest BCUT2D eigenvalue weighted by atomic mass is 10.0. The van der Waals surface area contributed by atoms with Crippen LogP contribution in [-0.2, 0) is 28.8 Å². The van der Waals surface area contributed by atoms with E-state index in [9.17, 15) is 24.3 Å². The van der Waals surface area contributed by atoms with Gasteiger partial charge in [-0.3, -0.25) is 19.3 Å². The fourth-order valence-electron chi connectivity index (χ4n) is 2.95. The molecule has 2 amide bonds. The van der Waals surface area contributed by atoms with E-state index in [1.165, 1.54) is 30.1 Å². The van der Waals surface area contributed by atoms with Gasteiger partial charge >= 0.3 is 11.9 Å². The number of esters is 1. The number of carbonyl (C=O) groups is 4. The first-order valence-corrected chi connectivity index (χ1v) is 11.0. The Kier molecular flexibility index (Phi) is 7.15. The summed E-state index contributed by atoms with van der Waals surface area (Å²) >= 11 is 2.34. The number of thioether (sulfide) groups is 1. The average Bonchev–Trinajstić information content (AvgIpc) is 3.18. The summed E-state index contributed by atoms with van der Waals surface area (Å²) in [5.74, 6) is -3.03. The number of thiazole rings is 1. The molecule has 2 aliphatic rings. The van der Waals surface area contributed by atoms with E-state index in [-0.39, 0.29) is 41.2 Å². The number of nitrogens with two attached hydrogens (primary N) is 1. The number of fused-ring (bicyclic) bond motifs is 1. The molecule has 3 rings (SSSR count). The van der Waals surface area contributed by atoms with Crippen LogP contribution in [0.1, 0.15) is 12.6 Å². The number of rotatable bonds is 9. The van der Waals surface area contributed by atoms with E-state index in [4.69, 9.17) is 15.3 Å². The molecule has 4 N–H and O–H groups in total. The molecule has 0 unspecified atom stereocenters. The Balaban J connectivity index is 1.78. The predicted octanol–water partition coefficient (Wildman–Crippen LogP) is -0.0663. The first-order valence-electron chi connectivity index (χ1n) is 9.11. The highest BCUT2D eigenvalue weighted by Gasteiger charge is 2.54. The van der Waals surface area contributed by atoms with Gasteiger partial charge in [-0.25, -0.2) is 9.78 Å². The van der Waals surface area contributed by atoms with Gasteiger partial charge in [0, 0.05) is 23.6 Å². The second kappa shape index (κ2) is 9.82. The van der Waals surface area contributed by atoms with Crippen LogP contribution < -0.4 is 11.1 Å². The molecule has 3 heterocycles. The number of nitrogens with one attached hydrogen (secondary N) is 1. The summed E-state index contributed by atoms with van der Waals surface area (Å²) in [7, 11) is 0. The predicted molar refractivity (Wildman–Crippen MR) is 116 cm³/mol. The van der Waals surface area contributed by atoms with Crippen molar-refractivity contribution in [3.05, 3.63) is 35.0 Å². The quantitative estimate of drug-likeness (QED) is 0.108. The monoisotopic (exact) mass is 481 g/mol. The normalized spacial score (nSPS) is 20.2. The second-order valence-electron chi connectivity index (χ2n) is 6.49. The molecule has 1 fully saturated rings. The Hall–Kier alpha value is -3.39. The molecule has 2 atom stereocenters. The smallest absolute Gasteiger partial charge is 0.352 e. The van der Waals surface area contributed by atoms with Crippen molar-refractivity contribution >= 4 is 57.7 Å². The molecular weight excluding hydrogens is 462 g/mol. The average molecular weight is 482 g/mol. The zero-order valence-electron chi connectivity index (χ0n) is 16.8. The fourth-order valence-corrected chi connectivity index (χ4v) is 4.82. The van der Waals surface area contributed by atoms with E-state index in [2.05, 4.69) is 22.0 Å². The van der Waals surface area contributed by atoms with Gasteiger partial charge in [-0.15, -0.1) is 23.1 Å². The van der Waals surface area contributed by atoms with Gasteiger partial charge in [-0.05, 0) is 0 Å². The van der Waals surface area contributed by atoms with Crippen LogP contribution in [0.5, 0.6) is 0 Å². The van der Waals surface area contributed by atoms with Crippen molar-refractivity contribution in [1.82, 2.24) is 15.2 Å². The zero-order valence-corrected chi connectivity index (χ0v) is 18.4. The molecule has 32 heavy (non-hydrogen) atoms. The number of aliphatic carboxylic acids is 1. The summed E-state index contributed by atoms with van der Waals surface area (Å²) in [4.78, 5) is 58.5. The molecule has 0 spiro atoms. The van der Waals surface area contributed by atoms with Crippen LogP contribution in [0.15, 0.2) is 34.5 Å². The van der Waals surface area contributed by atoms with Crippen molar-refractivity contribution in [3.63, 3.8) is 0 Å². The highest BCUT2D eigenvalue weighted by atomic mass is 32.2. The molecule has 0 aliphatic carbocycles. The third-order valence-corrected chi connectivity index (χ3v) is 6.33. The summed E-state index contributed by atoms with van der Waals surface area (Å²) in [6, 6.07) is -0.988. The molecular formula is C18H19N5O7S2. The molecule has 0 bridgehead atoms. The molecule has 2 aliphatic heterocycles. The molecule has 12 nitrogen and oxygen atoms in total. The summed E-state index contributed by atoms with van der Waals surface area (Å²) in [5, 5.41) is 17.0. The zero-order chi connectivity index (χ0) is 23.4. The Labute approximate surface area is 190 Å². The number of hydrogen-bond acceptors (Lipinski definition) is 11. The largest absolute Gasteiger partial charge is 0.477 e. The highest BCUT2D eigenvalue weighted by Crippen LogP contribution is 2.40. The van der Waals surface area contributed by atoms with Crippen LogP contribution >= 0.6 is 23.1 Å². The molecule has 14 heteroatoms. The first kappa shape index (κ1) is 23.3. The number of nitrogens with zero attached hydrogens (tertiary/aromatic N) is 3. The lowest BCUT2D eigenvalue weighted by molar-refractivity contribution is -0.150. The number of carbonyl (C=O) groups excluding carboxylic acids is 3. The number of oxime groups is 1. The lowest BCUT2D eigenvalue weighted by Crippen LogP contribution is -2.71. The minimum atomic E-state index is -1.33. The molecule has 0 aromatic carbocycles. The van der Waals surface area contributed by atoms with Crippen LogP contribution in [0.4, 0.5) is 5.13 Å². The van der Waals surface area contributed by atoms with Gasteiger partial charge < -0.3 is 25.7 Å². The van der Waals surface area contributed by atoms with Gasteiger partial charge in [0.05, 0.1) is 0 Å². The molecule has 1 aromatic heterocycles.